The second kappa shape index (κ2) is 6.11. The predicted octanol–water partition coefficient (Wildman–Crippen LogP) is 1.62. The highest BCUT2D eigenvalue weighted by molar-refractivity contribution is 7.89. The summed E-state index contributed by atoms with van der Waals surface area (Å²) in [5.41, 5.74) is 6.40. The van der Waals surface area contributed by atoms with Crippen LogP contribution < -0.4 is 15.2 Å². The zero-order chi connectivity index (χ0) is 14.8. The van der Waals surface area contributed by atoms with Crippen molar-refractivity contribution in [2.24, 2.45) is 11.7 Å². The van der Waals surface area contributed by atoms with E-state index in [2.05, 4.69) is 11.6 Å². The molecule has 0 heterocycles. The van der Waals surface area contributed by atoms with Gasteiger partial charge in [-0.2, -0.15) is 0 Å². The molecule has 1 aliphatic rings. The SMILES string of the molecule is COc1cc(CN)ccc1S(=O)(=O)NC1CCC(C)C1. The summed E-state index contributed by atoms with van der Waals surface area (Å²) in [6.07, 6.45) is 2.85. The first kappa shape index (κ1) is 15.3. The highest BCUT2D eigenvalue weighted by Crippen LogP contribution is 2.29. The summed E-state index contributed by atoms with van der Waals surface area (Å²) in [5, 5.41) is 0. The quantitative estimate of drug-likeness (QED) is 0.865. The predicted molar refractivity (Wildman–Crippen MR) is 78.0 cm³/mol. The number of sulfonamides is 1. The Labute approximate surface area is 120 Å². The molecule has 0 amide bonds. The molecule has 5 nitrogen and oxygen atoms in total. The highest BCUT2D eigenvalue weighted by Gasteiger charge is 2.28. The smallest absolute Gasteiger partial charge is 0.244 e. The minimum atomic E-state index is -3.55. The van der Waals surface area contributed by atoms with Gasteiger partial charge in [-0.3, -0.25) is 0 Å². The van der Waals surface area contributed by atoms with Gasteiger partial charge >= 0.3 is 0 Å². The normalized spacial score (nSPS) is 22.9. The molecule has 6 heteroatoms. The summed E-state index contributed by atoms with van der Waals surface area (Å²) in [5.74, 6) is 0.913. The average Bonchev–Trinajstić information content (AvgIpc) is 2.82. The van der Waals surface area contributed by atoms with Crippen molar-refractivity contribution in [2.45, 2.75) is 43.7 Å². The minimum Gasteiger partial charge on any atom is -0.495 e. The van der Waals surface area contributed by atoms with Crippen molar-refractivity contribution in [2.75, 3.05) is 7.11 Å². The van der Waals surface area contributed by atoms with Gasteiger partial charge in [0.05, 0.1) is 7.11 Å². The fourth-order valence-corrected chi connectivity index (χ4v) is 4.09. The zero-order valence-electron chi connectivity index (χ0n) is 11.9. The molecule has 0 saturated heterocycles. The Balaban J connectivity index is 2.24. The van der Waals surface area contributed by atoms with E-state index in [0.717, 1.165) is 24.8 Å². The maximum Gasteiger partial charge on any atom is 0.244 e. The number of ether oxygens (including phenoxy) is 1. The maximum atomic E-state index is 12.5. The molecular weight excluding hydrogens is 276 g/mol. The van der Waals surface area contributed by atoms with E-state index >= 15 is 0 Å². The van der Waals surface area contributed by atoms with Crippen LogP contribution in [-0.2, 0) is 16.6 Å². The number of nitrogens with two attached hydrogens (primary N) is 1. The molecule has 0 bridgehead atoms. The average molecular weight is 298 g/mol. The van der Waals surface area contributed by atoms with Crippen molar-refractivity contribution < 1.29 is 13.2 Å². The molecule has 1 fully saturated rings. The topological polar surface area (TPSA) is 81.4 Å². The van der Waals surface area contributed by atoms with Crippen LogP contribution in [0, 0.1) is 5.92 Å². The van der Waals surface area contributed by atoms with E-state index in [1.165, 1.54) is 7.11 Å². The summed E-state index contributed by atoms with van der Waals surface area (Å²) >= 11 is 0. The molecular formula is C14H22N2O3S. The van der Waals surface area contributed by atoms with Gasteiger partial charge in [0.1, 0.15) is 10.6 Å². The van der Waals surface area contributed by atoms with Crippen LogP contribution in [0.15, 0.2) is 23.1 Å². The summed E-state index contributed by atoms with van der Waals surface area (Å²) in [7, 11) is -2.09. The van der Waals surface area contributed by atoms with Crippen LogP contribution in [0.3, 0.4) is 0 Å². The van der Waals surface area contributed by atoms with E-state index in [1.54, 1.807) is 18.2 Å². The van der Waals surface area contributed by atoms with E-state index in [-0.39, 0.29) is 10.9 Å². The van der Waals surface area contributed by atoms with Gasteiger partial charge in [-0.1, -0.05) is 13.0 Å². The van der Waals surface area contributed by atoms with Crippen molar-refractivity contribution in [3.05, 3.63) is 23.8 Å². The van der Waals surface area contributed by atoms with Crippen molar-refractivity contribution in [1.29, 1.82) is 0 Å². The van der Waals surface area contributed by atoms with Gasteiger partial charge in [0.2, 0.25) is 10.0 Å². The summed E-state index contributed by atoms with van der Waals surface area (Å²) in [4.78, 5) is 0.178. The molecule has 2 atom stereocenters. The lowest BCUT2D eigenvalue weighted by Crippen LogP contribution is -2.33. The van der Waals surface area contributed by atoms with Crippen LogP contribution in [-0.4, -0.2) is 21.6 Å². The molecule has 112 valence electrons. The van der Waals surface area contributed by atoms with Crippen LogP contribution in [0.5, 0.6) is 5.75 Å². The van der Waals surface area contributed by atoms with Gasteiger partial charge in [-0.15, -0.1) is 0 Å². The van der Waals surface area contributed by atoms with Crippen LogP contribution in [0.4, 0.5) is 0 Å². The Morgan fingerprint density at radius 1 is 1.40 bits per heavy atom. The Kier molecular flexibility index (Phi) is 4.67. The standard InChI is InChI=1S/C14H22N2O3S/c1-10-3-5-12(7-10)16-20(17,18)14-6-4-11(9-15)8-13(14)19-2/h4,6,8,10,12,16H,3,5,7,9,15H2,1-2H3. The largest absolute Gasteiger partial charge is 0.495 e. The van der Waals surface area contributed by atoms with E-state index in [4.69, 9.17) is 10.5 Å². The third-order valence-electron chi connectivity index (χ3n) is 3.77. The van der Waals surface area contributed by atoms with Gasteiger partial charge in [0.15, 0.2) is 0 Å². The molecule has 3 N–H and O–H groups in total. The molecule has 1 aromatic carbocycles. The Bertz CT molecular complexity index is 572. The van der Waals surface area contributed by atoms with Crippen LogP contribution in [0.1, 0.15) is 31.7 Å². The number of hydrogen-bond donors (Lipinski definition) is 2. The van der Waals surface area contributed by atoms with Crippen molar-refractivity contribution in [1.82, 2.24) is 4.72 Å². The maximum absolute atomic E-state index is 12.5. The van der Waals surface area contributed by atoms with Crippen LogP contribution in [0.25, 0.3) is 0 Å². The number of methoxy groups -OCH3 is 1. The zero-order valence-corrected chi connectivity index (χ0v) is 12.7. The number of benzene rings is 1. The van der Waals surface area contributed by atoms with E-state index < -0.39 is 10.0 Å². The lowest BCUT2D eigenvalue weighted by Gasteiger charge is -2.15. The van der Waals surface area contributed by atoms with Gasteiger partial charge in [0, 0.05) is 12.6 Å². The molecule has 0 aromatic heterocycles. The fraction of sp³-hybridized carbons (Fsp3) is 0.571. The summed E-state index contributed by atoms with van der Waals surface area (Å²) < 4.78 is 32.9. The molecule has 0 spiro atoms. The summed E-state index contributed by atoms with van der Waals surface area (Å²) in [6.45, 7) is 2.50. The first-order valence-corrected chi connectivity index (χ1v) is 8.34. The van der Waals surface area contributed by atoms with Gasteiger partial charge in [-0.25, -0.2) is 13.1 Å². The van der Waals surface area contributed by atoms with Crippen molar-refractivity contribution in [3.63, 3.8) is 0 Å². The lowest BCUT2D eigenvalue weighted by molar-refractivity contribution is 0.401. The van der Waals surface area contributed by atoms with Crippen LogP contribution in [0.2, 0.25) is 0 Å². The third-order valence-corrected chi connectivity index (χ3v) is 5.33. The molecule has 2 rings (SSSR count). The fourth-order valence-electron chi connectivity index (χ4n) is 2.66. The number of hydrogen-bond acceptors (Lipinski definition) is 4. The molecule has 1 aliphatic carbocycles. The third kappa shape index (κ3) is 3.31. The first-order valence-electron chi connectivity index (χ1n) is 6.85. The monoisotopic (exact) mass is 298 g/mol. The van der Waals surface area contributed by atoms with Gasteiger partial charge < -0.3 is 10.5 Å². The Hall–Kier alpha value is -1.11. The van der Waals surface area contributed by atoms with Gasteiger partial charge in [-0.05, 0) is 42.9 Å². The molecule has 20 heavy (non-hydrogen) atoms. The second-order valence-electron chi connectivity index (χ2n) is 5.43. The molecule has 1 aromatic rings. The van der Waals surface area contributed by atoms with E-state index in [9.17, 15) is 8.42 Å². The highest BCUT2D eigenvalue weighted by atomic mass is 32.2. The molecule has 0 aliphatic heterocycles. The number of nitrogens with one attached hydrogen (secondary N) is 1. The van der Waals surface area contributed by atoms with Crippen molar-refractivity contribution >= 4 is 10.0 Å². The lowest BCUT2D eigenvalue weighted by atomic mass is 10.1. The second-order valence-corrected chi connectivity index (χ2v) is 7.11. The minimum absolute atomic E-state index is 0.0221. The van der Waals surface area contributed by atoms with Gasteiger partial charge in [0.25, 0.3) is 0 Å². The molecule has 2 unspecified atom stereocenters. The first-order chi connectivity index (χ1) is 9.46. The summed E-state index contributed by atoms with van der Waals surface area (Å²) in [6, 6.07) is 4.97. The Morgan fingerprint density at radius 2 is 2.15 bits per heavy atom. The Morgan fingerprint density at radius 3 is 2.70 bits per heavy atom. The van der Waals surface area contributed by atoms with Crippen LogP contribution >= 0.6 is 0 Å². The number of rotatable bonds is 5. The van der Waals surface area contributed by atoms with E-state index in [0.29, 0.717) is 18.2 Å². The molecule has 0 radical (unpaired) electrons. The van der Waals surface area contributed by atoms with E-state index in [1.807, 2.05) is 0 Å². The van der Waals surface area contributed by atoms with Crippen molar-refractivity contribution in [3.8, 4) is 5.75 Å². The molecule has 1 saturated carbocycles.